The van der Waals surface area contributed by atoms with Crippen molar-refractivity contribution in [1.29, 1.82) is 0 Å². The van der Waals surface area contributed by atoms with E-state index in [1.807, 2.05) is 60.7 Å². The van der Waals surface area contributed by atoms with Gasteiger partial charge in [0.05, 0.1) is 5.56 Å². The van der Waals surface area contributed by atoms with Crippen LogP contribution in [-0.4, -0.2) is 23.0 Å². The van der Waals surface area contributed by atoms with Gasteiger partial charge >= 0.3 is 0 Å². The van der Waals surface area contributed by atoms with E-state index in [0.29, 0.717) is 17.5 Å². The van der Waals surface area contributed by atoms with Crippen molar-refractivity contribution in [3.05, 3.63) is 285 Å². The van der Waals surface area contributed by atoms with Crippen molar-refractivity contribution >= 4 is 50.8 Å². The average molecular weight is 962 g/mol. The lowest BCUT2D eigenvalue weighted by molar-refractivity contribution is 0.669. The van der Waals surface area contributed by atoms with E-state index in [9.17, 15) is 0 Å². The molecule has 11 aromatic carbocycles. The number of fused-ring (bicyclic) bond motifs is 3. The normalized spacial score (nSPS) is 11.5. The number of furan rings is 1. The zero-order valence-corrected chi connectivity index (χ0v) is 41.4. The summed E-state index contributed by atoms with van der Waals surface area (Å²) in [6, 6.07) is 102. The second kappa shape index (κ2) is 19.2. The number of benzene rings is 11. The molecule has 74 heavy (non-hydrogen) atoms. The molecule has 0 aliphatic heterocycles. The lowest BCUT2D eigenvalue weighted by Crippen LogP contribution is -2.74. The summed E-state index contributed by atoms with van der Waals surface area (Å²) >= 11 is 0. The van der Waals surface area contributed by atoms with Crippen LogP contribution in [0.3, 0.4) is 0 Å². The first-order valence-electron chi connectivity index (χ1n) is 25.1. The largest absolute Gasteiger partial charge is 0.455 e. The van der Waals surface area contributed by atoms with Crippen molar-refractivity contribution in [1.82, 2.24) is 15.0 Å². The molecule has 0 radical (unpaired) electrons. The second-order valence-corrected chi connectivity index (χ2v) is 22.4. The summed E-state index contributed by atoms with van der Waals surface area (Å²) in [5.41, 5.74) is 13.3. The fraction of sp³-hybridized carbons (Fsp3) is 0. The van der Waals surface area contributed by atoms with Gasteiger partial charge in [0.15, 0.2) is 25.5 Å². The fourth-order valence-corrected chi connectivity index (χ4v) is 15.7. The van der Waals surface area contributed by atoms with Crippen molar-refractivity contribution < 1.29 is 4.42 Å². The predicted octanol–water partition coefficient (Wildman–Crippen LogP) is 14.8. The molecule has 0 amide bonds. The molecule has 348 valence electrons. The van der Waals surface area contributed by atoms with E-state index in [1.165, 1.54) is 20.7 Å². The Kier molecular flexibility index (Phi) is 11.5. The van der Waals surface area contributed by atoms with Crippen LogP contribution in [0.5, 0.6) is 0 Å². The number of aromatic nitrogens is 3. The second-order valence-electron chi connectivity index (χ2n) is 18.6. The molecule has 5 heteroatoms. The van der Waals surface area contributed by atoms with Crippen molar-refractivity contribution in [2.75, 3.05) is 0 Å². The molecule has 0 atom stereocenters. The Morgan fingerprint density at radius 3 is 1.27 bits per heavy atom. The molecule has 0 aliphatic carbocycles. The van der Waals surface area contributed by atoms with Crippen LogP contribution in [0.25, 0.3) is 101 Å². The van der Waals surface area contributed by atoms with Gasteiger partial charge in [0.1, 0.15) is 11.2 Å². The minimum absolute atomic E-state index is 0.551. The Labute approximate surface area is 431 Å². The van der Waals surface area contributed by atoms with Gasteiger partial charge in [-0.2, -0.15) is 0 Å². The quantitative estimate of drug-likeness (QED) is 0.0957. The van der Waals surface area contributed by atoms with Gasteiger partial charge in [-0.25, -0.2) is 15.0 Å². The third kappa shape index (κ3) is 8.02. The first kappa shape index (κ1) is 44.4. The molecular formula is C69H47N3OSi. The summed E-state index contributed by atoms with van der Waals surface area (Å²) in [4.78, 5) is 15.5. The highest BCUT2D eigenvalue weighted by atomic mass is 28.3. The molecule has 0 saturated heterocycles. The Balaban J connectivity index is 1.01. The average Bonchev–Trinajstić information content (AvgIpc) is 3.88. The Bertz CT molecular complexity index is 4000. The molecule has 0 spiro atoms. The molecule has 13 aromatic rings. The maximum absolute atomic E-state index is 6.51. The maximum Gasteiger partial charge on any atom is 0.179 e. The molecular weight excluding hydrogens is 915 g/mol. The van der Waals surface area contributed by atoms with E-state index >= 15 is 0 Å². The van der Waals surface area contributed by atoms with E-state index in [-0.39, 0.29) is 0 Å². The highest BCUT2D eigenvalue weighted by Gasteiger charge is 2.41. The monoisotopic (exact) mass is 961 g/mol. The van der Waals surface area contributed by atoms with Gasteiger partial charge in [-0.1, -0.05) is 261 Å². The molecule has 13 rings (SSSR count). The molecule has 0 bridgehead atoms. The number of para-hydroxylation sites is 2. The Hall–Kier alpha value is -9.55. The summed E-state index contributed by atoms with van der Waals surface area (Å²) in [5, 5.41) is 7.41. The highest BCUT2D eigenvalue weighted by Crippen LogP contribution is 2.44. The molecule has 0 aliphatic rings. The molecule has 4 nitrogen and oxygen atoms in total. The Morgan fingerprint density at radius 1 is 0.257 bits per heavy atom. The van der Waals surface area contributed by atoms with Crippen LogP contribution in [0.1, 0.15) is 0 Å². The van der Waals surface area contributed by atoms with Crippen LogP contribution in [0.4, 0.5) is 0 Å². The summed E-state index contributed by atoms with van der Waals surface area (Å²) in [6.45, 7) is 0. The number of rotatable bonds is 11. The summed E-state index contributed by atoms with van der Waals surface area (Å²) in [6.07, 6.45) is 0. The molecule has 0 saturated carbocycles. The van der Waals surface area contributed by atoms with Crippen molar-refractivity contribution in [3.8, 4) is 78.7 Å². The number of hydrogen-bond donors (Lipinski definition) is 0. The number of nitrogens with zero attached hydrogens (tertiary/aromatic N) is 3. The van der Waals surface area contributed by atoms with E-state index in [4.69, 9.17) is 19.4 Å². The third-order valence-electron chi connectivity index (χ3n) is 14.3. The predicted molar refractivity (Wildman–Crippen MR) is 309 cm³/mol. The van der Waals surface area contributed by atoms with E-state index in [0.717, 1.165) is 83.1 Å². The van der Waals surface area contributed by atoms with Gasteiger partial charge < -0.3 is 4.42 Å². The van der Waals surface area contributed by atoms with Crippen LogP contribution in [0.15, 0.2) is 290 Å². The van der Waals surface area contributed by atoms with Crippen molar-refractivity contribution in [3.63, 3.8) is 0 Å². The smallest absolute Gasteiger partial charge is 0.179 e. The molecule has 2 heterocycles. The summed E-state index contributed by atoms with van der Waals surface area (Å²) in [5.74, 6) is 1.72. The standard InChI is InChI=1S/C69H47N3OSi/c1-7-23-48(24-8-1)54-46-62(49-41-43-52(44-42-49)68-70-67(51-27-11-3-12-28-51)71-69(72-68)61-39-22-38-60-59-37-19-20-40-64(59)73-66(60)61)65(50-25-9-2-10-26-50)63(47-54)53-29-21-36-58(45-53)74(55-30-13-4-14-31-55,56-32-15-5-16-33-56)57-34-17-6-18-35-57/h1-47H. The first-order valence-corrected chi connectivity index (χ1v) is 27.1. The fourth-order valence-electron chi connectivity index (χ4n) is 10.9. The minimum atomic E-state index is -2.85. The van der Waals surface area contributed by atoms with E-state index < -0.39 is 8.07 Å². The van der Waals surface area contributed by atoms with Gasteiger partial charge in [0.2, 0.25) is 0 Å². The first-order chi connectivity index (χ1) is 36.7. The maximum atomic E-state index is 6.51. The van der Waals surface area contributed by atoms with Crippen LogP contribution in [0, 0.1) is 0 Å². The lowest BCUT2D eigenvalue weighted by atomic mass is 9.84. The molecule has 0 fully saturated rings. The van der Waals surface area contributed by atoms with Gasteiger partial charge in [0, 0.05) is 21.9 Å². The molecule has 0 unspecified atom stereocenters. The Morgan fingerprint density at radius 2 is 0.676 bits per heavy atom. The van der Waals surface area contributed by atoms with Crippen molar-refractivity contribution in [2.45, 2.75) is 0 Å². The van der Waals surface area contributed by atoms with Gasteiger partial charge in [-0.3, -0.25) is 0 Å². The van der Waals surface area contributed by atoms with Crippen LogP contribution in [-0.2, 0) is 0 Å². The van der Waals surface area contributed by atoms with E-state index in [1.54, 1.807) is 0 Å². The van der Waals surface area contributed by atoms with Crippen LogP contribution < -0.4 is 20.7 Å². The zero-order chi connectivity index (χ0) is 49.3. The third-order valence-corrected chi connectivity index (χ3v) is 19.1. The van der Waals surface area contributed by atoms with Crippen LogP contribution in [0.2, 0.25) is 0 Å². The van der Waals surface area contributed by atoms with Gasteiger partial charge in [0.25, 0.3) is 0 Å². The highest BCUT2D eigenvalue weighted by molar-refractivity contribution is 7.19. The van der Waals surface area contributed by atoms with Crippen LogP contribution >= 0.6 is 0 Å². The molecule has 0 N–H and O–H groups in total. The van der Waals surface area contributed by atoms with Gasteiger partial charge in [-0.05, 0) is 89.5 Å². The minimum Gasteiger partial charge on any atom is -0.455 e. The topological polar surface area (TPSA) is 51.8 Å². The van der Waals surface area contributed by atoms with Crippen molar-refractivity contribution in [2.24, 2.45) is 0 Å². The lowest BCUT2D eigenvalue weighted by Gasteiger charge is -2.34. The number of hydrogen-bond acceptors (Lipinski definition) is 4. The summed E-state index contributed by atoms with van der Waals surface area (Å²) in [7, 11) is -2.85. The van der Waals surface area contributed by atoms with Gasteiger partial charge in [-0.15, -0.1) is 0 Å². The zero-order valence-electron chi connectivity index (χ0n) is 40.4. The summed E-state index contributed by atoms with van der Waals surface area (Å²) < 4.78 is 6.51. The SMILES string of the molecule is c1ccc(-c2cc(-c3ccc(-c4nc(-c5ccccc5)nc(-c5cccc6c5oc5ccccc56)n4)cc3)c(-c3ccccc3)c(-c3cccc([Si](c4ccccc4)(c4ccccc4)c4ccccc4)c3)c2)cc1. The molecule has 2 aromatic heterocycles. The van der Waals surface area contributed by atoms with E-state index in [2.05, 4.69) is 224 Å².